The molecule has 0 radical (unpaired) electrons. The summed E-state index contributed by atoms with van der Waals surface area (Å²) in [4.78, 5) is 6.91. The molecular weight excluding hydrogens is 431 g/mol. The van der Waals surface area contributed by atoms with E-state index in [4.69, 9.17) is 0 Å². The van der Waals surface area contributed by atoms with Crippen molar-refractivity contribution in [3.8, 4) is 32.1 Å². The van der Waals surface area contributed by atoms with E-state index in [0.717, 1.165) is 37.8 Å². The Morgan fingerprint density at radius 1 is 0.806 bits per heavy atom. The Kier molecular flexibility index (Phi) is 4.72. The van der Waals surface area contributed by atoms with Crippen LogP contribution in [0.25, 0.3) is 37.8 Å². The second-order valence-corrected chi connectivity index (χ2v) is 10.4. The SMILES string of the molecule is CS(=O)(=O)c1ccc(-c2ccc3ncc(-c4ccc(-c5ccc(F)cc5)s4)n3c2)cc1. The van der Waals surface area contributed by atoms with Crippen LogP contribution < -0.4 is 0 Å². The van der Waals surface area contributed by atoms with E-state index in [-0.39, 0.29) is 5.82 Å². The van der Waals surface area contributed by atoms with Gasteiger partial charge in [0.15, 0.2) is 9.84 Å². The van der Waals surface area contributed by atoms with Crippen LogP contribution in [-0.2, 0) is 9.84 Å². The number of imidazole rings is 1. The third-order valence-corrected chi connectivity index (χ3v) is 7.39. The van der Waals surface area contributed by atoms with Crippen molar-refractivity contribution in [1.29, 1.82) is 0 Å². The average molecular weight is 449 g/mol. The molecule has 7 heteroatoms. The third kappa shape index (κ3) is 3.78. The number of pyridine rings is 1. The van der Waals surface area contributed by atoms with Gasteiger partial charge in [-0.2, -0.15) is 0 Å². The Labute approximate surface area is 183 Å². The predicted octanol–water partition coefficient (Wildman–Crippen LogP) is 5.94. The van der Waals surface area contributed by atoms with Crippen LogP contribution in [0.15, 0.2) is 90.1 Å². The standard InChI is InChI=1S/C24H17FN2O2S2/c1-31(28,29)20-9-4-16(5-10-20)18-6-13-24-26-14-21(27(24)15-18)23-12-11-22(30-23)17-2-7-19(25)8-3-17/h2-15H,1H3. The van der Waals surface area contributed by atoms with Crippen LogP contribution in [0.1, 0.15) is 0 Å². The molecule has 0 unspecified atom stereocenters. The molecule has 0 spiro atoms. The molecule has 0 atom stereocenters. The summed E-state index contributed by atoms with van der Waals surface area (Å²) in [6, 6.07) is 21.3. The normalized spacial score (nSPS) is 11.8. The number of fused-ring (bicyclic) bond motifs is 1. The Balaban J connectivity index is 1.53. The number of rotatable bonds is 4. The number of sulfone groups is 1. The van der Waals surface area contributed by atoms with Gasteiger partial charge < -0.3 is 0 Å². The van der Waals surface area contributed by atoms with E-state index in [1.165, 1.54) is 18.4 Å². The van der Waals surface area contributed by atoms with Crippen molar-refractivity contribution in [3.05, 3.63) is 91.0 Å². The van der Waals surface area contributed by atoms with E-state index in [1.807, 2.05) is 53.2 Å². The summed E-state index contributed by atoms with van der Waals surface area (Å²) in [7, 11) is -3.23. The topological polar surface area (TPSA) is 51.4 Å². The molecule has 0 saturated heterocycles. The number of halogens is 1. The molecule has 0 aliphatic carbocycles. The smallest absolute Gasteiger partial charge is 0.175 e. The first-order valence-electron chi connectivity index (χ1n) is 9.52. The zero-order valence-electron chi connectivity index (χ0n) is 16.5. The summed E-state index contributed by atoms with van der Waals surface area (Å²) < 4.78 is 38.7. The number of benzene rings is 2. The van der Waals surface area contributed by atoms with Gasteiger partial charge in [0, 0.05) is 17.3 Å². The van der Waals surface area contributed by atoms with Gasteiger partial charge in [-0.25, -0.2) is 17.8 Å². The lowest BCUT2D eigenvalue weighted by molar-refractivity contribution is 0.602. The first-order chi connectivity index (χ1) is 14.9. The van der Waals surface area contributed by atoms with Crippen molar-refractivity contribution in [3.63, 3.8) is 0 Å². The maximum Gasteiger partial charge on any atom is 0.175 e. The molecule has 3 heterocycles. The largest absolute Gasteiger partial charge is 0.298 e. The zero-order chi connectivity index (χ0) is 21.6. The van der Waals surface area contributed by atoms with Gasteiger partial charge >= 0.3 is 0 Å². The zero-order valence-corrected chi connectivity index (χ0v) is 18.1. The highest BCUT2D eigenvalue weighted by molar-refractivity contribution is 7.90. The molecular formula is C24H17FN2O2S2. The van der Waals surface area contributed by atoms with Crippen molar-refractivity contribution in [2.75, 3.05) is 6.26 Å². The Hall–Kier alpha value is -3.29. The van der Waals surface area contributed by atoms with E-state index in [2.05, 4.69) is 4.98 Å². The molecule has 0 aliphatic heterocycles. The highest BCUT2D eigenvalue weighted by Gasteiger charge is 2.12. The van der Waals surface area contributed by atoms with Crippen molar-refractivity contribution in [1.82, 2.24) is 9.38 Å². The average Bonchev–Trinajstić information content (AvgIpc) is 3.40. The summed E-state index contributed by atoms with van der Waals surface area (Å²) in [6.45, 7) is 0. The van der Waals surface area contributed by atoms with Crippen molar-refractivity contribution < 1.29 is 12.8 Å². The van der Waals surface area contributed by atoms with Crippen LogP contribution in [0, 0.1) is 5.82 Å². The third-order valence-electron chi connectivity index (χ3n) is 5.11. The number of hydrogen-bond acceptors (Lipinski definition) is 4. The lowest BCUT2D eigenvalue weighted by Gasteiger charge is -2.06. The van der Waals surface area contributed by atoms with Crippen LogP contribution in [0.5, 0.6) is 0 Å². The fraction of sp³-hybridized carbons (Fsp3) is 0.0417. The van der Waals surface area contributed by atoms with E-state index < -0.39 is 9.84 Å². The molecule has 0 saturated carbocycles. The van der Waals surface area contributed by atoms with Crippen LogP contribution in [-0.4, -0.2) is 24.1 Å². The predicted molar refractivity (Wildman–Crippen MR) is 122 cm³/mol. The van der Waals surface area contributed by atoms with E-state index in [0.29, 0.717) is 4.90 Å². The number of nitrogens with zero attached hydrogens (tertiary/aromatic N) is 2. The van der Waals surface area contributed by atoms with Gasteiger partial charge in [0.25, 0.3) is 0 Å². The monoisotopic (exact) mass is 448 g/mol. The fourth-order valence-electron chi connectivity index (χ4n) is 3.47. The van der Waals surface area contributed by atoms with Crippen LogP contribution >= 0.6 is 11.3 Å². The second-order valence-electron chi connectivity index (χ2n) is 7.26. The number of aromatic nitrogens is 2. The number of thiophene rings is 1. The summed E-state index contributed by atoms with van der Waals surface area (Å²) >= 11 is 1.62. The molecule has 0 amide bonds. The maximum atomic E-state index is 13.2. The summed E-state index contributed by atoms with van der Waals surface area (Å²) in [5.74, 6) is -0.251. The first-order valence-corrected chi connectivity index (χ1v) is 12.2. The maximum absolute atomic E-state index is 13.2. The quantitative estimate of drug-likeness (QED) is 0.342. The summed E-state index contributed by atoms with van der Waals surface area (Å²) in [5.41, 5.74) is 4.64. The van der Waals surface area contributed by atoms with E-state index >= 15 is 0 Å². The van der Waals surface area contributed by atoms with Crippen LogP contribution in [0.2, 0.25) is 0 Å². The van der Waals surface area contributed by atoms with Gasteiger partial charge in [0.1, 0.15) is 11.5 Å². The lowest BCUT2D eigenvalue weighted by Crippen LogP contribution is -1.96. The molecule has 3 aromatic heterocycles. The Morgan fingerprint density at radius 2 is 1.45 bits per heavy atom. The molecule has 0 bridgehead atoms. The van der Waals surface area contributed by atoms with Crippen molar-refractivity contribution in [2.24, 2.45) is 0 Å². The minimum absolute atomic E-state index is 0.251. The Morgan fingerprint density at radius 3 is 2.16 bits per heavy atom. The molecule has 5 rings (SSSR count). The van der Waals surface area contributed by atoms with Gasteiger partial charge in [0.2, 0.25) is 0 Å². The molecule has 5 aromatic rings. The van der Waals surface area contributed by atoms with Gasteiger partial charge in [-0.05, 0) is 65.2 Å². The molecule has 4 nitrogen and oxygen atoms in total. The molecule has 0 aliphatic rings. The van der Waals surface area contributed by atoms with Gasteiger partial charge in [0.05, 0.1) is 21.7 Å². The van der Waals surface area contributed by atoms with Crippen molar-refractivity contribution >= 4 is 26.8 Å². The molecule has 154 valence electrons. The molecule has 31 heavy (non-hydrogen) atoms. The minimum Gasteiger partial charge on any atom is -0.298 e. The fourth-order valence-corrected chi connectivity index (χ4v) is 5.12. The van der Waals surface area contributed by atoms with Crippen LogP contribution in [0.3, 0.4) is 0 Å². The summed E-state index contributed by atoms with van der Waals surface area (Å²) in [6.07, 6.45) is 5.05. The molecule has 0 fully saturated rings. The van der Waals surface area contributed by atoms with Crippen LogP contribution in [0.4, 0.5) is 4.39 Å². The minimum atomic E-state index is -3.23. The molecule has 2 aromatic carbocycles. The van der Waals surface area contributed by atoms with Crippen molar-refractivity contribution in [2.45, 2.75) is 4.90 Å². The van der Waals surface area contributed by atoms with Gasteiger partial charge in [-0.15, -0.1) is 11.3 Å². The van der Waals surface area contributed by atoms with E-state index in [9.17, 15) is 12.8 Å². The molecule has 0 N–H and O–H groups in total. The second kappa shape index (κ2) is 7.44. The summed E-state index contributed by atoms with van der Waals surface area (Å²) in [5, 5.41) is 0. The highest BCUT2D eigenvalue weighted by Crippen LogP contribution is 2.35. The Bertz CT molecular complexity index is 1500. The lowest BCUT2D eigenvalue weighted by atomic mass is 10.1. The first kappa shape index (κ1) is 19.7. The number of hydrogen-bond donors (Lipinski definition) is 0. The van der Waals surface area contributed by atoms with Gasteiger partial charge in [-0.3, -0.25) is 4.40 Å². The van der Waals surface area contributed by atoms with E-state index in [1.54, 1.807) is 35.6 Å². The van der Waals surface area contributed by atoms with Gasteiger partial charge in [-0.1, -0.05) is 24.3 Å². The highest BCUT2D eigenvalue weighted by atomic mass is 32.2.